The maximum Gasteiger partial charge on any atom is 0.123 e. The summed E-state index contributed by atoms with van der Waals surface area (Å²) in [6.07, 6.45) is 4.14. The predicted octanol–water partition coefficient (Wildman–Crippen LogP) is 4.05. The highest BCUT2D eigenvalue weighted by Crippen LogP contribution is 2.26. The third-order valence-corrected chi connectivity index (χ3v) is 3.00. The summed E-state index contributed by atoms with van der Waals surface area (Å²) in [5, 5.41) is -0.216. The number of alkyl halides is 1. The van der Waals surface area contributed by atoms with Crippen LogP contribution in [-0.2, 0) is 6.42 Å². The van der Waals surface area contributed by atoms with Crippen molar-refractivity contribution in [1.82, 2.24) is 4.98 Å². The van der Waals surface area contributed by atoms with Gasteiger partial charge in [-0.1, -0.05) is 6.07 Å². The van der Waals surface area contributed by atoms with Gasteiger partial charge in [-0.3, -0.25) is 4.98 Å². The Morgan fingerprint density at radius 1 is 1.24 bits per heavy atom. The summed E-state index contributed by atoms with van der Waals surface area (Å²) in [4.78, 5) is 3.95. The molecule has 17 heavy (non-hydrogen) atoms. The van der Waals surface area contributed by atoms with Gasteiger partial charge in [0.25, 0.3) is 0 Å². The monoisotopic (exact) mass is 249 g/mol. The largest absolute Gasteiger partial charge is 0.265 e. The molecule has 0 saturated heterocycles. The van der Waals surface area contributed by atoms with Crippen LogP contribution in [0.15, 0.2) is 42.7 Å². The second-order valence-electron chi connectivity index (χ2n) is 4.09. The minimum Gasteiger partial charge on any atom is -0.265 e. The number of aryl methyl sites for hydroxylation is 1. The molecule has 88 valence electrons. The SMILES string of the molecule is Cc1cc(F)cc(C(Cl)Cc2ccncc2)c1. The molecule has 0 N–H and O–H groups in total. The smallest absolute Gasteiger partial charge is 0.123 e. The molecule has 0 saturated carbocycles. The van der Waals surface area contributed by atoms with Crippen LogP contribution in [0.2, 0.25) is 0 Å². The van der Waals surface area contributed by atoms with E-state index in [-0.39, 0.29) is 11.2 Å². The summed E-state index contributed by atoms with van der Waals surface area (Å²) in [7, 11) is 0. The summed E-state index contributed by atoms with van der Waals surface area (Å²) in [6.45, 7) is 1.86. The molecule has 1 aromatic carbocycles. The lowest BCUT2D eigenvalue weighted by atomic mass is 10.0. The summed E-state index contributed by atoms with van der Waals surface area (Å²) in [6, 6.07) is 8.75. The van der Waals surface area contributed by atoms with Crippen molar-refractivity contribution in [3.8, 4) is 0 Å². The van der Waals surface area contributed by atoms with Gasteiger partial charge in [-0.25, -0.2) is 4.39 Å². The molecule has 0 spiro atoms. The molecule has 0 fully saturated rings. The Morgan fingerprint density at radius 3 is 2.59 bits per heavy atom. The van der Waals surface area contributed by atoms with Crippen LogP contribution in [-0.4, -0.2) is 4.98 Å². The molecular weight excluding hydrogens is 237 g/mol. The van der Waals surface area contributed by atoms with Crippen molar-refractivity contribution in [3.05, 3.63) is 65.2 Å². The number of nitrogens with zero attached hydrogens (tertiary/aromatic N) is 1. The lowest BCUT2D eigenvalue weighted by Gasteiger charge is -2.11. The standard InChI is InChI=1S/C14H13ClFN/c1-10-6-12(9-13(16)7-10)14(15)8-11-2-4-17-5-3-11/h2-7,9,14H,8H2,1H3. The van der Waals surface area contributed by atoms with Crippen LogP contribution in [0.4, 0.5) is 4.39 Å². The van der Waals surface area contributed by atoms with E-state index in [9.17, 15) is 4.39 Å². The quantitative estimate of drug-likeness (QED) is 0.748. The molecule has 2 rings (SSSR count). The summed E-state index contributed by atoms with van der Waals surface area (Å²) < 4.78 is 13.3. The van der Waals surface area contributed by atoms with Crippen molar-refractivity contribution in [2.24, 2.45) is 0 Å². The molecule has 0 aliphatic rings. The fourth-order valence-electron chi connectivity index (χ4n) is 1.79. The normalized spacial score (nSPS) is 12.4. The minimum absolute atomic E-state index is 0.216. The first-order valence-corrected chi connectivity index (χ1v) is 5.89. The Bertz CT molecular complexity index is 479. The Balaban J connectivity index is 2.17. The highest BCUT2D eigenvalue weighted by Gasteiger charge is 2.10. The van der Waals surface area contributed by atoms with Gasteiger partial charge in [-0.05, 0) is 54.3 Å². The second-order valence-corrected chi connectivity index (χ2v) is 4.62. The van der Waals surface area contributed by atoms with Crippen molar-refractivity contribution in [2.75, 3.05) is 0 Å². The van der Waals surface area contributed by atoms with Crippen molar-refractivity contribution in [2.45, 2.75) is 18.7 Å². The Labute approximate surface area is 105 Å². The lowest BCUT2D eigenvalue weighted by molar-refractivity contribution is 0.623. The zero-order chi connectivity index (χ0) is 12.3. The van der Waals surface area contributed by atoms with E-state index in [2.05, 4.69) is 4.98 Å². The summed E-state index contributed by atoms with van der Waals surface area (Å²) in [5.74, 6) is -0.236. The zero-order valence-electron chi connectivity index (χ0n) is 9.53. The van der Waals surface area contributed by atoms with E-state index in [1.54, 1.807) is 12.4 Å². The minimum atomic E-state index is -0.236. The molecule has 0 bridgehead atoms. The first-order valence-electron chi connectivity index (χ1n) is 5.45. The van der Waals surface area contributed by atoms with Gasteiger partial charge >= 0.3 is 0 Å². The first-order chi connectivity index (χ1) is 8.15. The van der Waals surface area contributed by atoms with E-state index in [0.717, 1.165) is 16.7 Å². The van der Waals surface area contributed by atoms with Gasteiger partial charge in [0.15, 0.2) is 0 Å². The van der Waals surface area contributed by atoms with E-state index >= 15 is 0 Å². The van der Waals surface area contributed by atoms with Gasteiger partial charge in [0, 0.05) is 12.4 Å². The molecule has 0 radical (unpaired) electrons. The zero-order valence-corrected chi connectivity index (χ0v) is 10.3. The number of pyridine rings is 1. The molecule has 1 nitrogen and oxygen atoms in total. The topological polar surface area (TPSA) is 12.9 Å². The fourth-order valence-corrected chi connectivity index (χ4v) is 2.09. The maximum absolute atomic E-state index is 13.3. The van der Waals surface area contributed by atoms with Crippen LogP contribution >= 0.6 is 11.6 Å². The predicted molar refractivity (Wildman–Crippen MR) is 67.7 cm³/mol. The van der Waals surface area contributed by atoms with Crippen LogP contribution in [0.1, 0.15) is 22.1 Å². The van der Waals surface area contributed by atoms with Gasteiger partial charge in [0.2, 0.25) is 0 Å². The molecule has 1 atom stereocenters. The Hall–Kier alpha value is -1.41. The summed E-state index contributed by atoms with van der Waals surface area (Å²) >= 11 is 6.30. The number of aromatic nitrogens is 1. The van der Waals surface area contributed by atoms with Gasteiger partial charge in [-0.15, -0.1) is 11.6 Å². The average molecular weight is 250 g/mol. The molecule has 1 heterocycles. The highest BCUT2D eigenvalue weighted by molar-refractivity contribution is 6.20. The van der Waals surface area contributed by atoms with Gasteiger partial charge in [0.05, 0.1) is 5.38 Å². The van der Waals surface area contributed by atoms with E-state index in [0.29, 0.717) is 6.42 Å². The van der Waals surface area contributed by atoms with Crippen molar-refractivity contribution < 1.29 is 4.39 Å². The van der Waals surface area contributed by atoms with Gasteiger partial charge in [0.1, 0.15) is 5.82 Å². The lowest BCUT2D eigenvalue weighted by Crippen LogP contribution is -1.97. The van der Waals surface area contributed by atoms with Crippen molar-refractivity contribution in [3.63, 3.8) is 0 Å². The Kier molecular flexibility index (Phi) is 3.75. The van der Waals surface area contributed by atoms with Gasteiger partial charge < -0.3 is 0 Å². The fraction of sp³-hybridized carbons (Fsp3) is 0.214. The average Bonchev–Trinajstić information content (AvgIpc) is 2.29. The van der Waals surface area contributed by atoms with Crippen LogP contribution in [0.5, 0.6) is 0 Å². The summed E-state index contributed by atoms with van der Waals surface area (Å²) in [5.41, 5.74) is 2.81. The van der Waals surface area contributed by atoms with E-state index in [4.69, 9.17) is 11.6 Å². The number of halogens is 2. The molecular formula is C14H13ClFN. The number of rotatable bonds is 3. The maximum atomic E-state index is 13.3. The van der Waals surface area contributed by atoms with E-state index in [1.807, 2.05) is 25.1 Å². The second kappa shape index (κ2) is 5.28. The molecule has 3 heteroatoms. The molecule has 2 aromatic rings. The van der Waals surface area contributed by atoms with Crippen LogP contribution < -0.4 is 0 Å². The van der Waals surface area contributed by atoms with Crippen LogP contribution in [0.25, 0.3) is 0 Å². The molecule has 0 aliphatic carbocycles. The number of hydrogen-bond donors (Lipinski definition) is 0. The van der Waals surface area contributed by atoms with E-state index < -0.39 is 0 Å². The van der Waals surface area contributed by atoms with Crippen LogP contribution in [0, 0.1) is 12.7 Å². The van der Waals surface area contributed by atoms with Crippen LogP contribution in [0.3, 0.4) is 0 Å². The highest BCUT2D eigenvalue weighted by atomic mass is 35.5. The van der Waals surface area contributed by atoms with Gasteiger partial charge in [-0.2, -0.15) is 0 Å². The molecule has 0 aliphatic heterocycles. The molecule has 1 unspecified atom stereocenters. The van der Waals surface area contributed by atoms with E-state index in [1.165, 1.54) is 12.1 Å². The molecule has 1 aromatic heterocycles. The first kappa shape index (κ1) is 12.1. The van der Waals surface area contributed by atoms with Crippen molar-refractivity contribution in [1.29, 1.82) is 0 Å². The molecule has 0 amide bonds. The number of hydrogen-bond acceptors (Lipinski definition) is 1. The third kappa shape index (κ3) is 3.27. The Morgan fingerprint density at radius 2 is 1.94 bits per heavy atom. The number of benzene rings is 1. The third-order valence-electron chi connectivity index (χ3n) is 2.59. The van der Waals surface area contributed by atoms with Crippen molar-refractivity contribution >= 4 is 11.6 Å².